The molecule has 0 amide bonds. The summed E-state index contributed by atoms with van der Waals surface area (Å²) in [5, 5.41) is 8.53. The van der Waals surface area contributed by atoms with Crippen molar-refractivity contribution >= 4 is 5.97 Å². The number of hydrogen-bond acceptors (Lipinski definition) is 2. The molecule has 1 aromatic rings. The molecular weight excluding hydrogens is 156 g/mol. The van der Waals surface area contributed by atoms with Gasteiger partial charge in [0.25, 0.3) is 0 Å². The number of aromatic nitrogens is 2. The summed E-state index contributed by atoms with van der Waals surface area (Å²) in [6.07, 6.45) is 5.14. The van der Waals surface area contributed by atoms with Gasteiger partial charge in [0.15, 0.2) is 0 Å². The third kappa shape index (κ3) is 2.08. The smallest absolute Gasteiger partial charge is 0.323 e. The lowest BCUT2D eigenvalue weighted by molar-refractivity contribution is -0.137. The van der Waals surface area contributed by atoms with Crippen LogP contribution in [0.25, 0.3) is 0 Å². The molecule has 0 saturated heterocycles. The molecule has 66 valence electrons. The number of hydrogen-bond donors (Lipinski definition) is 1. The van der Waals surface area contributed by atoms with Crippen LogP contribution >= 0.6 is 0 Å². The summed E-state index contributed by atoms with van der Waals surface area (Å²) in [5.41, 5.74) is 0. The zero-order chi connectivity index (χ0) is 8.97. The van der Waals surface area contributed by atoms with E-state index in [4.69, 9.17) is 5.11 Å². The first kappa shape index (κ1) is 8.77. The lowest BCUT2D eigenvalue weighted by Crippen LogP contribution is -2.10. The molecule has 0 bridgehead atoms. The third-order valence-electron chi connectivity index (χ3n) is 1.58. The van der Waals surface area contributed by atoms with Crippen LogP contribution in [0.15, 0.2) is 12.4 Å². The third-order valence-corrected chi connectivity index (χ3v) is 1.58. The molecule has 0 spiro atoms. The molecule has 1 rings (SSSR count). The van der Waals surface area contributed by atoms with Crippen molar-refractivity contribution in [3.8, 4) is 0 Å². The lowest BCUT2D eigenvalue weighted by atomic mass is 10.3. The summed E-state index contributed by atoms with van der Waals surface area (Å²) in [6, 6.07) is 0. The van der Waals surface area contributed by atoms with Crippen molar-refractivity contribution in [1.82, 2.24) is 9.55 Å². The van der Waals surface area contributed by atoms with Gasteiger partial charge in [-0.15, -0.1) is 0 Å². The number of aryl methyl sites for hydroxylation is 1. The van der Waals surface area contributed by atoms with Crippen molar-refractivity contribution in [3.63, 3.8) is 0 Å². The summed E-state index contributed by atoms with van der Waals surface area (Å²) >= 11 is 0. The van der Waals surface area contributed by atoms with Crippen LogP contribution < -0.4 is 0 Å². The Kier molecular flexibility index (Phi) is 2.85. The number of aliphatic carboxylic acids is 1. The summed E-state index contributed by atoms with van der Waals surface area (Å²) < 4.78 is 1.66. The number of rotatable bonds is 4. The van der Waals surface area contributed by atoms with Gasteiger partial charge in [-0.3, -0.25) is 4.79 Å². The molecule has 0 aliphatic carbocycles. The Morgan fingerprint density at radius 3 is 3.08 bits per heavy atom. The van der Waals surface area contributed by atoms with Crippen molar-refractivity contribution in [3.05, 3.63) is 18.2 Å². The highest BCUT2D eigenvalue weighted by molar-refractivity contribution is 5.66. The Labute approximate surface area is 70.9 Å². The topological polar surface area (TPSA) is 55.1 Å². The van der Waals surface area contributed by atoms with Crippen LogP contribution in [0.5, 0.6) is 0 Å². The molecule has 1 aromatic heterocycles. The predicted octanol–water partition coefficient (Wildman–Crippen LogP) is 0.920. The molecule has 0 radical (unpaired) electrons. The molecule has 0 atom stereocenters. The second-order valence-corrected chi connectivity index (χ2v) is 2.62. The highest BCUT2D eigenvalue weighted by Crippen LogP contribution is 2.00. The van der Waals surface area contributed by atoms with Crippen LogP contribution in [-0.4, -0.2) is 20.6 Å². The van der Waals surface area contributed by atoms with Gasteiger partial charge < -0.3 is 9.67 Å². The molecule has 0 aromatic carbocycles. The van der Waals surface area contributed by atoms with E-state index >= 15 is 0 Å². The van der Waals surface area contributed by atoms with E-state index in [1.165, 1.54) is 0 Å². The van der Waals surface area contributed by atoms with Gasteiger partial charge in [0.1, 0.15) is 12.4 Å². The Hall–Kier alpha value is -1.32. The Bertz CT molecular complexity index is 268. The number of carboxylic acid groups (broad SMARTS) is 1. The fourth-order valence-corrected chi connectivity index (χ4v) is 1.08. The zero-order valence-corrected chi connectivity index (χ0v) is 7.03. The quantitative estimate of drug-likeness (QED) is 0.727. The summed E-state index contributed by atoms with van der Waals surface area (Å²) in [6.45, 7) is 2.05. The summed E-state index contributed by atoms with van der Waals surface area (Å²) in [4.78, 5) is 14.4. The van der Waals surface area contributed by atoms with Crippen molar-refractivity contribution in [1.29, 1.82) is 0 Å². The van der Waals surface area contributed by atoms with Crippen molar-refractivity contribution in [2.24, 2.45) is 0 Å². The normalized spacial score (nSPS) is 10.1. The van der Waals surface area contributed by atoms with Crippen LogP contribution in [-0.2, 0) is 17.8 Å². The molecule has 4 heteroatoms. The van der Waals surface area contributed by atoms with Gasteiger partial charge in [-0.1, -0.05) is 6.92 Å². The van der Waals surface area contributed by atoms with Gasteiger partial charge in [-0.25, -0.2) is 4.98 Å². The Morgan fingerprint density at radius 2 is 2.50 bits per heavy atom. The van der Waals surface area contributed by atoms with Gasteiger partial charge >= 0.3 is 5.97 Å². The molecule has 0 unspecified atom stereocenters. The second kappa shape index (κ2) is 3.90. The molecule has 0 aliphatic rings. The first-order valence-corrected chi connectivity index (χ1v) is 3.96. The van der Waals surface area contributed by atoms with E-state index in [-0.39, 0.29) is 6.54 Å². The fourth-order valence-electron chi connectivity index (χ4n) is 1.08. The average molecular weight is 168 g/mol. The number of carbonyl (C=O) groups is 1. The van der Waals surface area contributed by atoms with E-state index in [1.54, 1.807) is 17.0 Å². The van der Waals surface area contributed by atoms with Crippen molar-refractivity contribution in [2.75, 3.05) is 0 Å². The Balaban J connectivity index is 2.69. The average Bonchev–Trinajstić information content (AvgIpc) is 2.37. The van der Waals surface area contributed by atoms with Gasteiger partial charge in [0.2, 0.25) is 0 Å². The SMILES string of the molecule is CCCc1nccn1CC(=O)O. The monoisotopic (exact) mass is 168 g/mol. The van der Waals surface area contributed by atoms with E-state index in [9.17, 15) is 4.79 Å². The standard InChI is InChI=1S/C8H12N2O2/c1-2-3-7-9-4-5-10(7)6-8(11)12/h4-5H,2-3,6H2,1H3,(H,11,12). The molecule has 0 fully saturated rings. The van der Waals surface area contributed by atoms with E-state index in [0.29, 0.717) is 0 Å². The minimum absolute atomic E-state index is 0.00926. The number of carboxylic acids is 1. The minimum atomic E-state index is -0.828. The van der Waals surface area contributed by atoms with Crippen LogP contribution in [0, 0.1) is 0 Å². The van der Waals surface area contributed by atoms with Gasteiger partial charge in [0, 0.05) is 18.8 Å². The molecule has 12 heavy (non-hydrogen) atoms. The van der Waals surface area contributed by atoms with Gasteiger partial charge in [0.05, 0.1) is 0 Å². The van der Waals surface area contributed by atoms with E-state index in [2.05, 4.69) is 4.98 Å². The summed E-state index contributed by atoms with van der Waals surface area (Å²) in [7, 11) is 0. The van der Waals surface area contributed by atoms with Gasteiger partial charge in [-0.05, 0) is 6.42 Å². The maximum atomic E-state index is 10.4. The molecule has 1 heterocycles. The van der Waals surface area contributed by atoms with Crippen molar-refractivity contribution < 1.29 is 9.90 Å². The summed E-state index contributed by atoms with van der Waals surface area (Å²) in [5.74, 6) is 0.0188. The highest BCUT2D eigenvalue weighted by Gasteiger charge is 2.04. The second-order valence-electron chi connectivity index (χ2n) is 2.62. The minimum Gasteiger partial charge on any atom is -0.480 e. The lowest BCUT2D eigenvalue weighted by Gasteiger charge is -2.02. The molecule has 0 aliphatic heterocycles. The van der Waals surface area contributed by atoms with Crippen LogP contribution in [0.2, 0.25) is 0 Å². The molecule has 0 saturated carbocycles. The van der Waals surface area contributed by atoms with Crippen LogP contribution in [0.1, 0.15) is 19.2 Å². The Morgan fingerprint density at radius 1 is 1.75 bits per heavy atom. The molecule has 1 N–H and O–H groups in total. The van der Waals surface area contributed by atoms with E-state index in [1.807, 2.05) is 6.92 Å². The number of nitrogens with zero attached hydrogens (tertiary/aromatic N) is 2. The van der Waals surface area contributed by atoms with Crippen LogP contribution in [0.4, 0.5) is 0 Å². The molecule has 4 nitrogen and oxygen atoms in total. The van der Waals surface area contributed by atoms with Crippen molar-refractivity contribution in [2.45, 2.75) is 26.3 Å². The predicted molar refractivity (Wildman–Crippen MR) is 43.9 cm³/mol. The highest BCUT2D eigenvalue weighted by atomic mass is 16.4. The zero-order valence-electron chi connectivity index (χ0n) is 7.03. The fraction of sp³-hybridized carbons (Fsp3) is 0.500. The maximum Gasteiger partial charge on any atom is 0.323 e. The molecular formula is C8H12N2O2. The van der Waals surface area contributed by atoms with E-state index < -0.39 is 5.97 Å². The maximum absolute atomic E-state index is 10.4. The largest absolute Gasteiger partial charge is 0.480 e. The van der Waals surface area contributed by atoms with Gasteiger partial charge in [-0.2, -0.15) is 0 Å². The first-order valence-electron chi connectivity index (χ1n) is 3.96. The van der Waals surface area contributed by atoms with E-state index in [0.717, 1.165) is 18.7 Å². The van der Waals surface area contributed by atoms with Crippen LogP contribution in [0.3, 0.4) is 0 Å². The number of imidazole rings is 1. The first-order chi connectivity index (χ1) is 5.74.